The van der Waals surface area contributed by atoms with Crippen molar-refractivity contribution in [1.82, 2.24) is 14.5 Å². The van der Waals surface area contributed by atoms with Crippen molar-refractivity contribution >= 4 is 11.7 Å². The molecule has 6 heteroatoms. The van der Waals surface area contributed by atoms with Gasteiger partial charge in [0.05, 0.1) is 5.56 Å². The predicted molar refractivity (Wildman–Crippen MR) is 93.3 cm³/mol. The van der Waals surface area contributed by atoms with Crippen molar-refractivity contribution in [3.63, 3.8) is 0 Å². The summed E-state index contributed by atoms with van der Waals surface area (Å²) < 4.78 is 1.44. The summed E-state index contributed by atoms with van der Waals surface area (Å²) in [4.78, 5) is 30.4. The maximum atomic E-state index is 12.7. The van der Waals surface area contributed by atoms with Gasteiger partial charge in [-0.25, -0.2) is 4.98 Å². The molecule has 0 radical (unpaired) electrons. The van der Waals surface area contributed by atoms with Crippen LogP contribution >= 0.6 is 0 Å². The number of hydrogen-bond donors (Lipinski definition) is 1. The number of amides is 1. The smallest absolute Gasteiger partial charge is 0.255 e. The van der Waals surface area contributed by atoms with Crippen molar-refractivity contribution in [3.05, 3.63) is 58.1 Å². The summed E-state index contributed by atoms with van der Waals surface area (Å²) in [5.74, 6) is 1.14. The Morgan fingerprint density at radius 3 is 2.92 bits per heavy atom. The van der Waals surface area contributed by atoms with E-state index in [1.807, 2.05) is 24.1 Å². The van der Waals surface area contributed by atoms with Crippen molar-refractivity contribution in [2.75, 3.05) is 25.5 Å². The molecule has 0 saturated carbocycles. The van der Waals surface area contributed by atoms with Gasteiger partial charge in [0.2, 0.25) is 5.56 Å². The molecule has 1 N–H and O–H groups in total. The number of hydrogen-bond acceptors (Lipinski definition) is 4. The van der Waals surface area contributed by atoms with Gasteiger partial charge in [-0.05, 0) is 36.6 Å². The molecule has 2 aromatic heterocycles. The number of piperidine rings is 1. The van der Waals surface area contributed by atoms with Crippen LogP contribution in [-0.2, 0) is 7.05 Å². The topological polar surface area (TPSA) is 67.2 Å². The summed E-state index contributed by atoms with van der Waals surface area (Å²) in [5, 5.41) is 3.05. The quantitative estimate of drug-likeness (QED) is 0.934. The lowest BCUT2D eigenvalue weighted by molar-refractivity contribution is 0.0706. The van der Waals surface area contributed by atoms with E-state index in [0.29, 0.717) is 18.0 Å². The summed E-state index contributed by atoms with van der Waals surface area (Å²) in [6.07, 6.45) is 5.44. The van der Waals surface area contributed by atoms with Crippen molar-refractivity contribution < 1.29 is 4.79 Å². The summed E-state index contributed by atoms with van der Waals surface area (Å²) >= 11 is 0. The fourth-order valence-electron chi connectivity index (χ4n) is 3.17. The molecular formula is C18H22N4O2. The highest BCUT2D eigenvalue weighted by Gasteiger charge is 2.26. The minimum absolute atomic E-state index is 0.0156. The van der Waals surface area contributed by atoms with Crippen molar-refractivity contribution in [2.45, 2.75) is 18.8 Å². The van der Waals surface area contributed by atoms with Gasteiger partial charge in [-0.1, -0.05) is 0 Å². The third kappa shape index (κ3) is 3.32. The average Bonchev–Trinajstić information content (AvgIpc) is 2.63. The van der Waals surface area contributed by atoms with Gasteiger partial charge in [0.15, 0.2) is 0 Å². The van der Waals surface area contributed by atoms with Crippen LogP contribution in [0.2, 0.25) is 0 Å². The largest absolute Gasteiger partial charge is 0.373 e. The first-order valence-corrected chi connectivity index (χ1v) is 8.18. The first kappa shape index (κ1) is 16.2. The van der Waals surface area contributed by atoms with Crippen molar-refractivity contribution in [3.8, 4) is 0 Å². The first-order chi connectivity index (χ1) is 11.6. The second-order valence-corrected chi connectivity index (χ2v) is 6.18. The Morgan fingerprint density at radius 1 is 1.33 bits per heavy atom. The zero-order chi connectivity index (χ0) is 17.1. The monoisotopic (exact) mass is 326 g/mol. The van der Waals surface area contributed by atoms with Gasteiger partial charge in [0.1, 0.15) is 5.82 Å². The Bertz CT molecular complexity index is 800. The van der Waals surface area contributed by atoms with Crippen LogP contribution in [0.4, 0.5) is 5.82 Å². The number of carbonyl (C=O) groups excluding carboxylic acids is 1. The van der Waals surface area contributed by atoms with Gasteiger partial charge < -0.3 is 14.8 Å². The molecular weight excluding hydrogens is 304 g/mol. The number of pyridine rings is 2. The molecule has 3 heterocycles. The summed E-state index contributed by atoms with van der Waals surface area (Å²) in [7, 11) is 3.51. The third-order valence-corrected chi connectivity index (χ3v) is 4.55. The zero-order valence-corrected chi connectivity index (χ0v) is 14.0. The Hall–Kier alpha value is -2.63. The number of carbonyl (C=O) groups is 1. The number of anilines is 1. The van der Waals surface area contributed by atoms with Crippen molar-refractivity contribution in [1.29, 1.82) is 0 Å². The van der Waals surface area contributed by atoms with E-state index in [1.54, 1.807) is 25.5 Å². The Balaban J connectivity index is 1.78. The van der Waals surface area contributed by atoms with E-state index >= 15 is 0 Å². The lowest BCUT2D eigenvalue weighted by Gasteiger charge is -2.33. The molecule has 24 heavy (non-hydrogen) atoms. The molecule has 1 unspecified atom stereocenters. The molecule has 1 aliphatic heterocycles. The van der Waals surface area contributed by atoms with Crippen LogP contribution < -0.4 is 10.9 Å². The molecule has 1 amide bonds. The minimum Gasteiger partial charge on any atom is -0.373 e. The summed E-state index contributed by atoms with van der Waals surface area (Å²) in [6, 6.07) is 7.12. The maximum absolute atomic E-state index is 12.7. The minimum atomic E-state index is -0.112. The normalized spacial score (nSPS) is 17.6. The van der Waals surface area contributed by atoms with Gasteiger partial charge in [0, 0.05) is 51.6 Å². The van der Waals surface area contributed by atoms with E-state index in [0.717, 1.165) is 25.2 Å². The third-order valence-electron chi connectivity index (χ3n) is 4.55. The van der Waals surface area contributed by atoms with Crippen LogP contribution in [0, 0.1) is 0 Å². The van der Waals surface area contributed by atoms with E-state index in [2.05, 4.69) is 10.3 Å². The highest BCUT2D eigenvalue weighted by Crippen LogP contribution is 2.28. The molecule has 0 spiro atoms. The number of likely N-dealkylation sites (tertiary alicyclic amines) is 1. The average molecular weight is 326 g/mol. The molecule has 1 saturated heterocycles. The fraction of sp³-hybridized carbons (Fsp3) is 0.389. The van der Waals surface area contributed by atoms with Gasteiger partial charge >= 0.3 is 0 Å². The number of rotatable bonds is 3. The van der Waals surface area contributed by atoms with Crippen LogP contribution in [0.25, 0.3) is 0 Å². The highest BCUT2D eigenvalue weighted by molar-refractivity contribution is 5.94. The van der Waals surface area contributed by atoms with Crippen LogP contribution in [0.5, 0.6) is 0 Å². The number of nitrogens with one attached hydrogen (secondary N) is 1. The molecule has 0 aliphatic carbocycles. The van der Waals surface area contributed by atoms with Gasteiger partial charge in [-0.15, -0.1) is 0 Å². The van der Waals surface area contributed by atoms with Gasteiger partial charge in [-0.3, -0.25) is 9.59 Å². The Kier molecular flexibility index (Phi) is 4.64. The molecule has 2 aromatic rings. The van der Waals surface area contributed by atoms with Crippen LogP contribution in [-0.4, -0.2) is 40.5 Å². The van der Waals surface area contributed by atoms with Crippen LogP contribution in [0.3, 0.4) is 0 Å². The second-order valence-electron chi connectivity index (χ2n) is 6.18. The molecule has 1 atom stereocenters. The number of aryl methyl sites for hydroxylation is 1. The van der Waals surface area contributed by atoms with Crippen LogP contribution in [0.1, 0.15) is 34.7 Å². The summed E-state index contributed by atoms with van der Waals surface area (Å²) in [5.41, 5.74) is 1.65. The molecule has 1 fully saturated rings. The zero-order valence-electron chi connectivity index (χ0n) is 14.0. The predicted octanol–water partition coefficient (Wildman–Crippen LogP) is 1.84. The summed E-state index contributed by atoms with van der Waals surface area (Å²) in [6.45, 7) is 1.44. The molecule has 126 valence electrons. The first-order valence-electron chi connectivity index (χ1n) is 8.18. The molecule has 0 aromatic carbocycles. The Labute approximate surface area is 141 Å². The highest BCUT2D eigenvalue weighted by atomic mass is 16.2. The van der Waals surface area contributed by atoms with Gasteiger partial charge in [-0.2, -0.15) is 0 Å². The van der Waals surface area contributed by atoms with Crippen LogP contribution in [0.15, 0.2) is 41.5 Å². The Morgan fingerprint density at radius 2 is 2.17 bits per heavy atom. The van der Waals surface area contributed by atoms with E-state index in [9.17, 15) is 9.59 Å². The molecule has 3 rings (SSSR count). The standard InChI is InChI=1S/C18H22N4O2/c1-19-16-10-13(7-8-20-16)14-4-3-9-22(12-14)18(24)15-5-6-17(23)21(2)11-15/h5-8,10-11,14H,3-4,9,12H2,1-2H3,(H,19,20). The van der Waals surface area contributed by atoms with E-state index in [-0.39, 0.29) is 11.5 Å². The fourth-order valence-corrected chi connectivity index (χ4v) is 3.17. The maximum Gasteiger partial charge on any atom is 0.255 e. The van der Waals surface area contributed by atoms with Gasteiger partial charge in [0.25, 0.3) is 5.91 Å². The molecule has 1 aliphatic rings. The number of aromatic nitrogens is 2. The lowest BCUT2D eigenvalue weighted by atomic mass is 9.91. The molecule has 6 nitrogen and oxygen atoms in total. The van der Waals surface area contributed by atoms with E-state index in [4.69, 9.17) is 0 Å². The second kappa shape index (κ2) is 6.86. The van der Waals surface area contributed by atoms with Crippen molar-refractivity contribution in [2.24, 2.45) is 7.05 Å². The molecule has 0 bridgehead atoms. The van der Waals surface area contributed by atoms with E-state index < -0.39 is 0 Å². The van der Waals surface area contributed by atoms with E-state index in [1.165, 1.54) is 16.2 Å². The number of nitrogens with zero attached hydrogens (tertiary/aromatic N) is 3. The lowest BCUT2D eigenvalue weighted by Crippen LogP contribution is -2.39. The SMILES string of the molecule is CNc1cc(C2CCCN(C(=O)c3ccc(=O)n(C)c3)C2)ccn1.